The number of hydrogen-bond donors (Lipinski definition) is 2. The molecular weight excluding hydrogens is 228 g/mol. The third-order valence-electron chi connectivity index (χ3n) is 4.55. The predicted molar refractivity (Wildman–Crippen MR) is 71.4 cm³/mol. The van der Waals surface area contributed by atoms with E-state index < -0.39 is 0 Å². The third-order valence-corrected chi connectivity index (χ3v) is 4.55. The summed E-state index contributed by atoms with van der Waals surface area (Å²) in [5.41, 5.74) is 0.400. The van der Waals surface area contributed by atoms with Crippen LogP contribution in [-0.4, -0.2) is 37.7 Å². The Bertz CT molecular complexity index is 290. The maximum atomic E-state index is 11.4. The number of hydrogen-bond acceptors (Lipinski definition) is 3. The smallest absolute Gasteiger partial charge is 0.221 e. The summed E-state index contributed by atoms with van der Waals surface area (Å²) >= 11 is 0. The molecule has 0 bridgehead atoms. The largest absolute Gasteiger partial charge is 0.378 e. The first-order chi connectivity index (χ1) is 8.73. The molecule has 2 atom stereocenters. The Morgan fingerprint density at radius 2 is 2.17 bits per heavy atom. The molecule has 2 N–H and O–H groups in total. The number of rotatable bonds is 7. The molecule has 1 spiro atoms. The molecule has 4 heteroatoms. The Hall–Kier alpha value is -0.610. The van der Waals surface area contributed by atoms with Crippen LogP contribution in [0.15, 0.2) is 0 Å². The van der Waals surface area contributed by atoms with Gasteiger partial charge in [0.1, 0.15) is 0 Å². The van der Waals surface area contributed by atoms with E-state index in [1.54, 1.807) is 0 Å². The summed E-state index contributed by atoms with van der Waals surface area (Å²) in [7, 11) is 0. The van der Waals surface area contributed by atoms with Crippen molar-refractivity contribution in [2.45, 2.75) is 58.1 Å². The van der Waals surface area contributed by atoms with Crippen molar-refractivity contribution < 1.29 is 9.53 Å². The summed E-state index contributed by atoms with van der Waals surface area (Å²) in [6.07, 6.45) is 6.06. The highest BCUT2D eigenvalue weighted by Gasteiger charge is 2.58. The van der Waals surface area contributed by atoms with Crippen molar-refractivity contribution in [3.8, 4) is 0 Å². The minimum Gasteiger partial charge on any atom is -0.378 e. The fraction of sp³-hybridized carbons (Fsp3) is 0.929. The first kappa shape index (κ1) is 13.8. The van der Waals surface area contributed by atoms with Crippen LogP contribution < -0.4 is 10.6 Å². The molecule has 2 aliphatic rings. The molecule has 0 aromatic carbocycles. The fourth-order valence-electron chi connectivity index (χ4n) is 3.37. The number of nitrogens with one attached hydrogen (secondary N) is 2. The Morgan fingerprint density at radius 3 is 2.72 bits per heavy atom. The Labute approximate surface area is 110 Å². The Balaban J connectivity index is 1.70. The van der Waals surface area contributed by atoms with Crippen LogP contribution >= 0.6 is 0 Å². The monoisotopic (exact) mass is 254 g/mol. The molecule has 2 unspecified atom stereocenters. The molecule has 0 aliphatic heterocycles. The van der Waals surface area contributed by atoms with Gasteiger partial charge in [-0.1, -0.05) is 6.42 Å². The van der Waals surface area contributed by atoms with Gasteiger partial charge in [-0.05, 0) is 33.1 Å². The second-order valence-electron chi connectivity index (χ2n) is 5.48. The number of carbonyl (C=O) groups is 1. The van der Waals surface area contributed by atoms with Crippen molar-refractivity contribution in [3.63, 3.8) is 0 Å². The first-order valence-corrected chi connectivity index (χ1v) is 7.34. The topological polar surface area (TPSA) is 50.4 Å². The standard InChI is InChI=1S/C14H26N2O2/c1-3-15-13(17)6-9-16-11-10-12(18-4-2)14(11)7-5-8-14/h11-12,16H,3-10H2,1-2H3,(H,15,17). The normalized spacial score (nSPS) is 28.6. The second kappa shape index (κ2) is 6.02. The summed E-state index contributed by atoms with van der Waals surface area (Å²) in [6, 6.07) is 0.567. The fourth-order valence-corrected chi connectivity index (χ4v) is 3.37. The number of carbonyl (C=O) groups excluding carboxylic acids is 1. The lowest BCUT2D eigenvalue weighted by molar-refractivity contribution is -0.172. The summed E-state index contributed by atoms with van der Waals surface area (Å²) in [6.45, 7) is 6.35. The zero-order valence-electron chi connectivity index (χ0n) is 11.6. The molecule has 18 heavy (non-hydrogen) atoms. The average molecular weight is 254 g/mol. The van der Waals surface area contributed by atoms with E-state index in [1.165, 1.54) is 19.3 Å². The van der Waals surface area contributed by atoms with E-state index in [9.17, 15) is 4.79 Å². The van der Waals surface area contributed by atoms with Crippen LogP contribution in [0.3, 0.4) is 0 Å². The van der Waals surface area contributed by atoms with E-state index in [-0.39, 0.29) is 5.91 Å². The first-order valence-electron chi connectivity index (χ1n) is 7.34. The lowest BCUT2D eigenvalue weighted by atomic mass is 9.51. The van der Waals surface area contributed by atoms with Gasteiger partial charge >= 0.3 is 0 Å². The molecule has 0 aromatic rings. The van der Waals surface area contributed by atoms with Gasteiger partial charge < -0.3 is 15.4 Å². The number of ether oxygens (including phenoxy) is 1. The van der Waals surface area contributed by atoms with Crippen LogP contribution in [0, 0.1) is 5.41 Å². The van der Waals surface area contributed by atoms with E-state index in [4.69, 9.17) is 4.74 Å². The van der Waals surface area contributed by atoms with Crippen LogP contribution in [-0.2, 0) is 9.53 Å². The summed E-state index contributed by atoms with van der Waals surface area (Å²) < 4.78 is 5.81. The van der Waals surface area contributed by atoms with Crippen LogP contribution in [0.5, 0.6) is 0 Å². The van der Waals surface area contributed by atoms with Crippen LogP contribution in [0.25, 0.3) is 0 Å². The van der Waals surface area contributed by atoms with Crippen LogP contribution in [0.1, 0.15) is 46.0 Å². The van der Waals surface area contributed by atoms with E-state index in [1.807, 2.05) is 6.92 Å². The molecule has 2 rings (SSSR count). The lowest BCUT2D eigenvalue weighted by Crippen LogP contribution is -2.67. The summed E-state index contributed by atoms with van der Waals surface area (Å²) in [5.74, 6) is 0.147. The highest BCUT2D eigenvalue weighted by Crippen LogP contribution is 2.57. The Morgan fingerprint density at radius 1 is 1.39 bits per heavy atom. The second-order valence-corrected chi connectivity index (χ2v) is 5.48. The van der Waals surface area contributed by atoms with Crippen molar-refractivity contribution in [2.75, 3.05) is 19.7 Å². The molecule has 2 saturated carbocycles. The molecule has 0 saturated heterocycles. The molecule has 104 valence electrons. The maximum Gasteiger partial charge on any atom is 0.221 e. The number of amides is 1. The van der Waals surface area contributed by atoms with Crippen molar-refractivity contribution in [3.05, 3.63) is 0 Å². The molecule has 1 amide bonds. The van der Waals surface area contributed by atoms with Gasteiger partial charge in [0.15, 0.2) is 0 Å². The minimum absolute atomic E-state index is 0.147. The van der Waals surface area contributed by atoms with Gasteiger partial charge in [-0.15, -0.1) is 0 Å². The quantitative estimate of drug-likeness (QED) is 0.723. The molecule has 4 nitrogen and oxygen atoms in total. The van der Waals surface area contributed by atoms with Gasteiger partial charge in [0.05, 0.1) is 6.10 Å². The Kier molecular flexibility index (Phi) is 4.62. The van der Waals surface area contributed by atoms with E-state index in [0.717, 1.165) is 26.1 Å². The predicted octanol–water partition coefficient (Wildman–Crippen LogP) is 1.45. The van der Waals surface area contributed by atoms with Gasteiger partial charge in [-0.25, -0.2) is 0 Å². The van der Waals surface area contributed by atoms with Crippen molar-refractivity contribution in [2.24, 2.45) is 5.41 Å². The molecule has 2 aliphatic carbocycles. The van der Waals surface area contributed by atoms with Crippen molar-refractivity contribution >= 4 is 5.91 Å². The average Bonchev–Trinajstić information content (AvgIpc) is 2.24. The zero-order chi connectivity index (χ0) is 13.0. The van der Waals surface area contributed by atoms with Crippen molar-refractivity contribution in [1.29, 1.82) is 0 Å². The van der Waals surface area contributed by atoms with Gasteiger partial charge in [0.25, 0.3) is 0 Å². The molecule has 0 heterocycles. The van der Waals surface area contributed by atoms with Crippen LogP contribution in [0.4, 0.5) is 0 Å². The summed E-state index contributed by atoms with van der Waals surface area (Å²) in [5, 5.41) is 6.38. The highest BCUT2D eigenvalue weighted by atomic mass is 16.5. The van der Waals surface area contributed by atoms with Crippen molar-refractivity contribution in [1.82, 2.24) is 10.6 Å². The molecule has 2 fully saturated rings. The molecule has 0 radical (unpaired) electrons. The SMILES string of the molecule is CCNC(=O)CCNC1CC(OCC)C12CCC2. The summed E-state index contributed by atoms with van der Waals surface area (Å²) in [4.78, 5) is 11.4. The van der Waals surface area contributed by atoms with E-state index in [0.29, 0.717) is 24.0 Å². The third kappa shape index (κ3) is 2.54. The van der Waals surface area contributed by atoms with Gasteiger partial charge in [0.2, 0.25) is 5.91 Å². The highest BCUT2D eigenvalue weighted by molar-refractivity contribution is 5.75. The lowest BCUT2D eigenvalue weighted by Gasteiger charge is -2.61. The minimum atomic E-state index is 0.147. The van der Waals surface area contributed by atoms with Gasteiger partial charge in [-0.3, -0.25) is 4.79 Å². The van der Waals surface area contributed by atoms with Crippen LogP contribution in [0.2, 0.25) is 0 Å². The zero-order valence-corrected chi connectivity index (χ0v) is 11.6. The molecule has 0 aromatic heterocycles. The van der Waals surface area contributed by atoms with Gasteiger partial charge in [0, 0.05) is 37.6 Å². The van der Waals surface area contributed by atoms with E-state index >= 15 is 0 Å². The van der Waals surface area contributed by atoms with Gasteiger partial charge in [-0.2, -0.15) is 0 Å². The maximum absolute atomic E-state index is 11.4. The van der Waals surface area contributed by atoms with E-state index in [2.05, 4.69) is 17.6 Å². The molecular formula is C14H26N2O2.